The van der Waals surface area contributed by atoms with Gasteiger partial charge < -0.3 is 14.5 Å². The van der Waals surface area contributed by atoms with E-state index in [2.05, 4.69) is 19.6 Å². The third-order valence-corrected chi connectivity index (χ3v) is 6.48. The van der Waals surface area contributed by atoms with E-state index in [1.54, 1.807) is 29.4 Å². The summed E-state index contributed by atoms with van der Waals surface area (Å²) >= 11 is 0. The lowest BCUT2D eigenvalue weighted by atomic mass is 9.87. The Kier molecular flexibility index (Phi) is 5.24. The van der Waals surface area contributed by atoms with Crippen LogP contribution in [0.15, 0.2) is 67.0 Å². The minimum Gasteiger partial charge on any atom is -0.435 e. The third kappa shape index (κ3) is 3.92. The van der Waals surface area contributed by atoms with Crippen LogP contribution in [0.25, 0.3) is 10.9 Å². The van der Waals surface area contributed by atoms with Crippen LogP contribution in [0.2, 0.25) is 0 Å². The van der Waals surface area contributed by atoms with Crippen molar-refractivity contribution in [2.24, 2.45) is 0 Å². The molecule has 1 amide bonds. The summed E-state index contributed by atoms with van der Waals surface area (Å²) in [4.78, 5) is 31.4. The molecule has 1 atom stereocenters. The molecule has 7 nitrogen and oxygen atoms in total. The quantitative estimate of drug-likeness (QED) is 0.425. The topological polar surface area (TPSA) is 71.5 Å². The van der Waals surface area contributed by atoms with Crippen LogP contribution in [0.1, 0.15) is 29.2 Å². The zero-order valence-electron chi connectivity index (χ0n) is 18.6. The zero-order chi connectivity index (χ0) is 23.9. The predicted octanol–water partition coefficient (Wildman–Crippen LogP) is 4.52. The molecule has 0 bridgehead atoms. The van der Waals surface area contributed by atoms with Gasteiger partial charge >= 0.3 is 6.61 Å². The van der Waals surface area contributed by atoms with Crippen molar-refractivity contribution in [3.05, 3.63) is 83.8 Å². The molecular weight excluding hydrogens is 452 g/mol. The number of hydrogen-bond acceptors (Lipinski definition) is 6. The van der Waals surface area contributed by atoms with Crippen LogP contribution in [0.5, 0.6) is 5.75 Å². The van der Waals surface area contributed by atoms with E-state index in [-0.39, 0.29) is 11.7 Å². The Balaban J connectivity index is 1.43. The minimum absolute atomic E-state index is 0.0371. The molecule has 2 aromatic heterocycles. The van der Waals surface area contributed by atoms with Gasteiger partial charge in [0.05, 0.1) is 17.8 Å². The van der Waals surface area contributed by atoms with Crippen molar-refractivity contribution in [3.8, 4) is 5.75 Å². The van der Waals surface area contributed by atoms with Crippen LogP contribution in [0.4, 0.5) is 20.4 Å². The summed E-state index contributed by atoms with van der Waals surface area (Å²) in [6.45, 7) is -0.811. The number of carbonyl (C=O) groups excluding carboxylic acids is 1. The number of amides is 1. The molecule has 35 heavy (non-hydrogen) atoms. The minimum atomic E-state index is -2.91. The molecule has 2 aliphatic rings. The highest BCUT2D eigenvalue weighted by molar-refractivity contribution is 6.02. The maximum absolute atomic E-state index is 13.9. The van der Waals surface area contributed by atoms with Gasteiger partial charge in [0, 0.05) is 42.1 Å². The Morgan fingerprint density at radius 2 is 1.86 bits per heavy atom. The summed E-state index contributed by atoms with van der Waals surface area (Å²) in [5.41, 5.74) is 3.73. The summed E-state index contributed by atoms with van der Waals surface area (Å²) in [6.07, 6.45) is 4.60. The van der Waals surface area contributed by atoms with Crippen LogP contribution >= 0.6 is 0 Å². The fourth-order valence-electron chi connectivity index (χ4n) is 4.56. The molecule has 1 fully saturated rings. The lowest BCUT2D eigenvalue weighted by Crippen LogP contribution is -2.42. The van der Waals surface area contributed by atoms with Gasteiger partial charge in [0.15, 0.2) is 0 Å². The van der Waals surface area contributed by atoms with Gasteiger partial charge in [0.2, 0.25) is 11.9 Å². The van der Waals surface area contributed by atoms with Crippen LogP contribution < -0.4 is 14.5 Å². The molecule has 0 saturated carbocycles. The second-order valence-corrected chi connectivity index (χ2v) is 8.61. The van der Waals surface area contributed by atoms with Gasteiger partial charge in [-0.2, -0.15) is 8.78 Å². The van der Waals surface area contributed by atoms with Gasteiger partial charge in [-0.1, -0.05) is 18.2 Å². The first kappa shape index (κ1) is 21.4. The van der Waals surface area contributed by atoms with Crippen LogP contribution in [0.3, 0.4) is 0 Å². The van der Waals surface area contributed by atoms with Crippen molar-refractivity contribution in [1.29, 1.82) is 0 Å². The van der Waals surface area contributed by atoms with Crippen LogP contribution in [0, 0.1) is 0 Å². The maximum Gasteiger partial charge on any atom is 0.387 e. The van der Waals surface area contributed by atoms with E-state index in [4.69, 9.17) is 4.98 Å². The van der Waals surface area contributed by atoms with E-state index in [1.165, 1.54) is 12.1 Å². The molecule has 0 aliphatic carbocycles. The van der Waals surface area contributed by atoms with Crippen LogP contribution in [-0.4, -0.2) is 40.6 Å². The summed E-state index contributed by atoms with van der Waals surface area (Å²) in [5, 5.41) is 0.929. The largest absolute Gasteiger partial charge is 0.435 e. The summed E-state index contributed by atoms with van der Waals surface area (Å²) < 4.78 is 29.8. The number of aromatic nitrogens is 3. The molecule has 2 aromatic carbocycles. The number of alkyl halides is 2. The van der Waals surface area contributed by atoms with E-state index >= 15 is 0 Å². The van der Waals surface area contributed by atoms with E-state index < -0.39 is 12.5 Å². The van der Waals surface area contributed by atoms with E-state index in [9.17, 15) is 13.6 Å². The third-order valence-electron chi connectivity index (χ3n) is 6.48. The van der Waals surface area contributed by atoms with Crippen molar-refractivity contribution in [2.45, 2.75) is 25.5 Å². The molecular formula is C26H21F2N5O2. The highest BCUT2D eigenvalue weighted by Crippen LogP contribution is 2.38. The van der Waals surface area contributed by atoms with Gasteiger partial charge in [-0.3, -0.25) is 9.78 Å². The second-order valence-electron chi connectivity index (χ2n) is 8.61. The number of rotatable bonds is 5. The van der Waals surface area contributed by atoms with Gasteiger partial charge in [0.1, 0.15) is 11.7 Å². The monoisotopic (exact) mass is 473 g/mol. The Morgan fingerprint density at radius 3 is 2.60 bits per heavy atom. The average molecular weight is 473 g/mol. The van der Waals surface area contributed by atoms with Crippen molar-refractivity contribution in [2.75, 3.05) is 22.9 Å². The number of halogens is 2. The number of pyridine rings is 1. The Bertz CT molecular complexity index is 1410. The molecule has 176 valence electrons. The van der Waals surface area contributed by atoms with E-state index in [1.807, 2.05) is 30.3 Å². The fourth-order valence-corrected chi connectivity index (χ4v) is 4.56. The van der Waals surface area contributed by atoms with Crippen molar-refractivity contribution < 1.29 is 18.3 Å². The van der Waals surface area contributed by atoms with Gasteiger partial charge in [-0.05, 0) is 48.4 Å². The van der Waals surface area contributed by atoms with Gasteiger partial charge in [-0.15, -0.1) is 0 Å². The lowest BCUT2D eigenvalue weighted by molar-refractivity contribution is -0.119. The normalized spacial score (nSPS) is 17.5. The molecule has 0 radical (unpaired) electrons. The summed E-state index contributed by atoms with van der Waals surface area (Å²) in [7, 11) is 0. The highest BCUT2D eigenvalue weighted by Gasteiger charge is 2.37. The van der Waals surface area contributed by atoms with Crippen LogP contribution in [-0.2, 0) is 11.3 Å². The molecule has 4 aromatic rings. The second kappa shape index (κ2) is 8.57. The standard InChI is InChI=1S/C26H21F2N5O2/c27-25(28)35-20-7-4-16(5-8-20)22-23-18(14-30-26(31-23)32-11-2-12-32)15-33(24(22)34)19-6-9-21-17(13-19)3-1-10-29-21/h1,3-10,13-14,22,25H,2,11-12,15H2. The molecule has 1 unspecified atom stereocenters. The van der Waals surface area contributed by atoms with Crippen molar-refractivity contribution >= 4 is 28.4 Å². The van der Waals surface area contributed by atoms with Crippen molar-refractivity contribution in [3.63, 3.8) is 0 Å². The summed E-state index contributed by atoms with van der Waals surface area (Å²) in [5.74, 6) is -0.200. The fraction of sp³-hybridized carbons (Fsp3) is 0.231. The van der Waals surface area contributed by atoms with E-state index in [0.29, 0.717) is 23.8 Å². The molecule has 1 saturated heterocycles. The van der Waals surface area contributed by atoms with E-state index in [0.717, 1.165) is 41.7 Å². The maximum atomic E-state index is 13.9. The predicted molar refractivity (Wildman–Crippen MR) is 127 cm³/mol. The Morgan fingerprint density at radius 1 is 1.03 bits per heavy atom. The van der Waals surface area contributed by atoms with Gasteiger partial charge in [0.25, 0.3) is 0 Å². The van der Waals surface area contributed by atoms with Crippen molar-refractivity contribution in [1.82, 2.24) is 15.0 Å². The number of benzene rings is 2. The zero-order valence-corrected chi connectivity index (χ0v) is 18.6. The number of hydrogen-bond donors (Lipinski definition) is 0. The number of anilines is 2. The number of ether oxygens (including phenoxy) is 1. The highest BCUT2D eigenvalue weighted by atomic mass is 19.3. The Labute approximate surface area is 200 Å². The number of carbonyl (C=O) groups is 1. The lowest BCUT2D eigenvalue weighted by Gasteiger charge is -2.36. The number of fused-ring (bicyclic) bond motifs is 2. The molecule has 0 spiro atoms. The number of nitrogens with zero attached hydrogens (tertiary/aromatic N) is 5. The first-order valence-corrected chi connectivity index (χ1v) is 11.4. The molecule has 4 heterocycles. The average Bonchev–Trinajstić information content (AvgIpc) is 2.83. The summed E-state index contributed by atoms with van der Waals surface area (Å²) in [6, 6.07) is 15.7. The van der Waals surface area contributed by atoms with Gasteiger partial charge in [-0.25, -0.2) is 9.97 Å². The molecule has 0 N–H and O–H groups in total. The first-order valence-electron chi connectivity index (χ1n) is 11.4. The molecule has 6 rings (SSSR count). The molecule has 9 heteroatoms. The molecule has 2 aliphatic heterocycles. The SMILES string of the molecule is O=C1C(c2ccc(OC(F)F)cc2)c2nc(N3CCC3)ncc2CN1c1ccc2ncccc2c1. The Hall–Kier alpha value is -4.14. The smallest absolute Gasteiger partial charge is 0.387 e. The first-order chi connectivity index (χ1) is 17.1.